The second-order valence-electron chi connectivity index (χ2n) is 8.62. The van der Waals surface area contributed by atoms with Crippen molar-refractivity contribution in [3.8, 4) is 0 Å². The molecule has 4 aromatic rings. The standard InChI is InChI=1S/C24H22BrN5O3/c25-15-6-7-18-17(12-15)20-21(33-18)22(31)28-19(27-20)13-29-14-30(16-4-2-1-3-5-16)24(23(29)32)8-10-26-11-9-24/h1-7,12,26H,8-11,13-14H2,(H,27,28,31). The molecule has 2 N–H and O–H groups in total. The summed E-state index contributed by atoms with van der Waals surface area (Å²) in [4.78, 5) is 38.0. The van der Waals surface area contributed by atoms with Crippen LogP contribution >= 0.6 is 15.9 Å². The molecule has 0 radical (unpaired) electrons. The number of amides is 1. The fraction of sp³-hybridized carbons (Fsp3) is 0.292. The first kappa shape index (κ1) is 20.4. The van der Waals surface area contributed by atoms with E-state index in [4.69, 9.17) is 9.40 Å². The van der Waals surface area contributed by atoms with Crippen molar-refractivity contribution in [3.05, 3.63) is 69.2 Å². The number of anilines is 1. The summed E-state index contributed by atoms with van der Waals surface area (Å²) in [5.74, 6) is 0.526. The minimum atomic E-state index is -0.579. The lowest BCUT2D eigenvalue weighted by Crippen LogP contribution is -2.55. The number of hydrogen-bond acceptors (Lipinski definition) is 6. The zero-order valence-electron chi connectivity index (χ0n) is 17.8. The fourth-order valence-electron chi connectivity index (χ4n) is 5.09. The van der Waals surface area contributed by atoms with Crippen LogP contribution in [0, 0.1) is 0 Å². The smallest absolute Gasteiger partial charge is 0.294 e. The van der Waals surface area contributed by atoms with E-state index in [9.17, 15) is 9.59 Å². The van der Waals surface area contributed by atoms with E-state index in [1.165, 1.54) is 0 Å². The summed E-state index contributed by atoms with van der Waals surface area (Å²) in [5, 5.41) is 4.13. The van der Waals surface area contributed by atoms with Crippen molar-refractivity contribution in [2.45, 2.75) is 24.9 Å². The molecule has 6 rings (SSSR count). The topological polar surface area (TPSA) is 94.5 Å². The Kier molecular flexibility index (Phi) is 4.77. The Morgan fingerprint density at radius 1 is 1.09 bits per heavy atom. The molecule has 2 aromatic carbocycles. The molecule has 9 heteroatoms. The number of carbonyl (C=O) groups is 1. The molecule has 0 atom stereocenters. The molecule has 2 saturated heterocycles. The van der Waals surface area contributed by atoms with E-state index in [2.05, 4.69) is 31.1 Å². The van der Waals surface area contributed by atoms with Gasteiger partial charge in [0, 0.05) is 15.5 Å². The minimum Gasteiger partial charge on any atom is -0.449 e. The number of nitrogens with one attached hydrogen (secondary N) is 2. The van der Waals surface area contributed by atoms with E-state index in [1.54, 1.807) is 4.90 Å². The maximum absolute atomic E-state index is 13.7. The van der Waals surface area contributed by atoms with Crippen molar-refractivity contribution in [1.82, 2.24) is 20.2 Å². The fourth-order valence-corrected chi connectivity index (χ4v) is 5.45. The van der Waals surface area contributed by atoms with Crippen LogP contribution in [0.1, 0.15) is 18.7 Å². The number of aromatic nitrogens is 2. The van der Waals surface area contributed by atoms with Gasteiger partial charge in [0.25, 0.3) is 5.56 Å². The van der Waals surface area contributed by atoms with Gasteiger partial charge in [0.15, 0.2) is 0 Å². The van der Waals surface area contributed by atoms with Gasteiger partial charge in [-0.2, -0.15) is 0 Å². The summed E-state index contributed by atoms with van der Waals surface area (Å²) in [6.45, 7) is 2.26. The second kappa shape index (κ2) is 7.71. The summed E-state index contributed by atoms with van der Waals surface area (Å²) in [6, 6.07) is 15.6. The van der Waals surface area contributed by atoms with Gasteiger partial charge in [-0.3, -0.25) is 9.59 Å². The Balaban J connectivity index is 1.39. The summed E-state index contributed by atoms with van der Waals surface area (Å²) >= 11 is 3.47. The number of H-pyrrole nitrogens is 1. The van der Waals surface area contributed by atoms with Gasteiger partial charge >= 0.3 is 0 Å². The van der Waals surface area contributed by atoms with Gasteiger partial charge < -0.3 is 24.5 Å². The van der Waals surface area contributed by atoms with Crippen LogP contribution in [-0.4, -0.2) is 46.1 Å². The molecule has 0 saturated carbocycles. The van der Waals surface area contributed by atoms with Crippen LogP contribution in [0.4, 0.5) is 5.69 Å². The normalized spacial score (nSPS) is 18.2. The van der Waals surface area contributed by atoms with Crippen molar-refractivity contribution in [2.24, 2.45) is 0 Å². The predicted molar refractivity (Wildman–Crippen MR) is 129 cm³/mol. The molecule has 33 heavy (non-hydrogen) atoms. The maximum atomic E-state index is 13.7. The quantitative estimate of drug-likeness (QED) is 0.441. The molecular weight excluding hydrogens is 486 g/mol. The molecule has 8 nitrogen and oxygen atoms in total. The number of halogens is 1. The molecule has 1 amide bonds. The van der Waals surface area contributed by atoms with E-state index in [0.717, 1.165) is 41.5 Å². The summed E-state index contributed by atoms with van der Waals surface area (Å²) in [6.07, 6.45) is 1.47. The van der Waals surface area contributed by atoms with E-state index >= 15 is 0 Å². The van der Waals surface area contributed by atoms with Crippen molar-refractivity contribution in [3.63, 3.8) is 0 Å². The number of fused-ring (bicyclic) bond motifs is 3. The monoisotopic (exact) mass is 507 g/mol. The summed E-state index contributed by atoms with van der Waals surface area (Å²) in [5.41, 5.74) is 1.41. The molecule has 2 aromatic heterocycles. The number of nitrogens with zero attached hydrogens (tertiary/aromatic N) is 3. The Hall–Kier alpha value is -3.17. The molecular formula is C24H22BrN5O3. The van der Waals surface area contributed by atoms with Crippen LogP contribution < -0.4 is 15.8 Å². The first-order valence-electron chi connectivity index (χ1n) is 11.0. The lowest BCUT2D eigenvalue weighted by Gasteiger charge is -2.40. The minimum absolute atomic E-state index is 0.0791. The van der Waals surface area contributed by atoms with E-state index < -0.39 is 5.54 Å². The zero-order valence-corrected chi connectivity index (χ0v) is 19.4. The third-order valence-corrected chi connectivity index (χ3v) is 7.18. The van der Waals surface area contributed by atoms with Gasteiger partial charge in [0.05, 0.1) is 13.2 Å². The molecule has 2 fully saturated rings. The lowest BCUT2D eigenvalue weighted by atomic mass is 9.86. The SMILES string of the molecule is O=C1N(Cc2nc3c(oc4ccc(Br)cc43)c(=O)[nH]2)CN(c2ccccc2)C12CCNCC2. The first-order valence-corrected chi connectivity index (χ1v) is 11.8. The van der Waals surface area contributed by atoms with E-state index in [-0.39, 0.29) is 23.6 Å². The van der Waals surface area contributed by atoms with Crippen molar-refractivity contribution in [2.75, 3.05) is 24.7 Å². The molecule has 0 unspecified atom stereocenters. The molecule has 0 bridgehead atoms. The number of aromatic amines is 1. The summed E-state index contributed by atoms with van der Waals surface area (Å²) < 4.78 is 6.60. The molecule has 168 valence electrons. The lowest BCUT2D eigenvalue weighted by molar-refractivity contribution is -0.133. The van der Waals surface area contributed by atoms with Crippen molar-refractivity contribution < 1.29 is 9.21 Å². The van der Waals surface area contributed by atoms with Crippen LogP contribution in [-0.2, 0) is 11.3 Å². The summed E-state index contributed by atoms with van der Waals surface area (Å²) in [7, 11) is 0. The van der Waals surface area contributed by atoms with E-state index in [0.29, 0.717) is 23.6 Å². The zero-order chi connectivity index (χ0) is 22.6. The predicted octanol–water partition coefficient (Wildman–Crippen LogP) is 3.36. The van der Waals surface area contributed by atoms with Crippen LogP contribution in [0.3, 0.4) is 0 Å². The number of furan rings is 1. The number of rotatable bonds is 3. The van der Waals surface area contributed by atoms with Crippen LogP contribution in [0.5, 0.6) is 0 Å². The Morgan fingerprint density at radius 2 is 1.88 bits per heavy atom. The highest BCUT2D eigenvalue weighted by atomic mass is 79.9. The third-order valence-electron chi connectivity index (χ3n) is 6.69. The van der Waals surface area contributed by atoms with Gasteiger partial charge in [-0.25, -0.2) is 4.98 Å². The van der Waals surface area contributed by atoms with Crippen molar-refractivity contribution >= 4 is 49.6 Å². The largest absolute Gasteiger partial charge is 0.449 e. The highest BCUT2D eigenvalue weighted by molar-refractivity contribution is 9.10. The maximum Gasteiger partial charge on any atom is 0.294 e. The second-order valence-corrected chi connectivity index (χ2v) is 9.54. The Labute approximate surface area is 197 Å². The van der Waals surface area contributed by atoms with Gasteiger partial charge in [0.1, 0.15) is 22.5 Å². The van der Waals surface area contributed by atoms with Gasteiger partial charge in [0.2, 0.25) is 11.5 Å². The van der Waals surface area contributed by atoms with E-state index in [1.807, 2.05) is 48.5 Å². The van der Waals surface area contributed by atoms with Gasteiger partial charge in [-0.05, 0) is 56.3 Å². The third kappa shape index (κ3) is 3.26. The molecule has 4 heterocycles. The number of para-hydroxylation sites is 1. The number of benzene rings is 2. The molecule has 1 spiro atoms. The number of piperidine rings is 1. The highest BCUT2D eigenvalue weighted by Gasteiger charge is 2.52. The molecule has 2 aliphatic heterocycles. The number of carbonyl (C=O) groups excluding carboxylic acids is 1. The van der Waals surface area contributed by atoms with Crippen molar-refractivity contribution in [1.29, 1.82) is 0 Å². The average molecular weight is 508 g/mol. The van der Waals surface area contributed by atoms with Gasteiger partial charge in [-0.1, -0.05) is 34.1 Å². The molecule has 0 aliphatic carbocycles. The van der Waals surface area contributed by atoms with Crippen LogP contribution in [0.25, 0.3) is 22.1 Å². The van der Waals surface area contributed by atoms with Gasteiger partial charge in [-0.15, -0.1) is 0 Å². The Morgan fingerprint density at radius 3 is 2.67 bits per heavy atom. The average Bonchev–Trinajstić information content (AvgIpc) is 3.32. The highest BCUT2D eigenvalue weighted by Crippen LogP contribution is 2.38. The Bertz CT molecular complexity index is 1420. The van der Waals surface area contributed by atoms with Crippen LogP contribution in [0.15, 0.2) is 62.2 Å². The first-order chi connectivity index (χ1) is 16.0. The molecule has 2 aliphatic rings. The number of hydrogen-bond donors (Lipinski definition) is 2. The van der Waals surface area contributed by atoms with Crippen LogP contribution in [0.2, 0.25) is 0 Å².